The number of nitrogen functional groups attached to an aromatic ring is 1. The van der Waals surface area contributed by atoms with Crippen molar-refractivity contribution in [3.8, 4) is 5.75 Å². The van der Waals surface area contributed by atoms with Gasteiger partial charge in [-0.1, -0.05) is 25.5 Å². The first-order valence-corrected chi connectivity index (χ1v) is 9.74. The summed E-state index contributed by atoms with van der Waals surface area (Å²) in [4.78, 5) is 8.67. The second-order valence-electron chi connectivity index (χ2n) is 7.30. The molecule has 154 valence electrons. The summed E-state index contributed by atoms with van der Waals surface area (Å²) >= 11 is 0. The van der Waals surface area contributed by atoms with E-state index >= 15 is 0 Å². The third kappa shape index (κ3) is 3.70. The van der Waals surface area contributed by atoms with Crippen LogP contribution in [0.1, 0.15) is 30.9 Å². The van der Waals surface area contributed by atoms with Crippen LogP contribution in [0.2, 0.25) is 0 Å². The van der Waals surface area contributed by atoms with Gasteiger partial charge in [0.05, 0.1) is 33.1 Å². The van der Waals surface area contributed by atoms with Gasteiger partial charge in [0.25, 0.3) is 0 Å². The van der Waals surface area contributed by atoms with E-state index in [0.29, 0.717) is 36.8 Å². The molecule has 29 heavy (non-hydrogen) atoms. The van der Waals surface area contributed by atoms with Crippen molar-refractivity contribution >= 4 is 22.8 Å². The second-order valence-corrected chi connectivity index (χ2v) is 7.30. The lowest BCUT2D eigenvalue weighted by Gasteiger charge is -2.37. The quantitative estimate of drug-likeness (QED) is 0.492. The molecule has 0 atom stereocenters. The van der Waals surface area contributed by atoms with Crippen molar-refractivity contribution in [1.29, 1.82) is 0 Å². The van der Waals surface area contributed by atoms with Gasteiger partial charge in [-0.2, -0.15) is 10.1 Å². The second kappa shape index (κ2) is 7.84. The topological polar surface area (TPSA) is 120 Å². The Hall–Kier alpha value is -2.91. The zero-order valence-corrected chi connectivity index (χ0v) is 16.7. The van der Waals surface area contributed by atoms with E-state index in [4.69, 9.17) is 15.2 Å². The Bertz CT molecular complexity index is 1010. The normalized spacial score (nSPS) is 15.3. The molecule has 4 rings (SSSR count). The van der Waals surface area contributed by atoms with Crippen LogP contribution in [0.5, 0.6) is 5.75 Å². The van der Waals surface area contributed by atoms with Crippen LogP contribution >= 0.6 is 0 Å². The van der Waals surface area contributed by atoms with Crippen LogP contribution in [0.3, 0.4) is 0 Å². The van der Waals surface area contributed by atoms with E-state index in [0.717, 1.165) is 36.0 Å². The molecule has 1 fully saturated rings. The van der Waals surface area contributed by atoms with Gasteiger partial charge >= 0.3 is 0 Å². The number of rotatable bonds is 8. The molecule has 3 heterocycles. The minimum absolute atomic E-state index is 0.217. The van der Waals surface area contributed by atoms with E-state index < -0.39 is 5.60 Å². The lowest BCUT2D eigenvalue weighted by molar-refractivity contribution is -0.184. The van der Waals surface area contributed by atoms with Crippen LogP contribution in [0, 0.1) is 0 Å². The summed E-state index contributed by atoms with van der Waals surface area (Å²) in [6.07, 6.45) is 3.80. The standard InChI is InChI=1S/C20H26N6O3/c1-3-4-7-22-18-17-15(24-19(21)25-18)9-23-26(17)10-13-5-6-14(8-16(13)28-2)20(27)11-29-12-20/h5-6,8-9,27H,3-4,7,10-12H2,1-2H3,(H3,21,22,24,25). The fourth-order valence-electron chi connectivity index (χ4n) is 3.43. The van der Waals surface area contributed by atoms with Crippen LogP contribution in [0.25, 0.3) is 11.0 Å². The van der Waals surface area contributed by atoms with Crippen molar-refractivity contribution in [3.05, 3.63) is 35.5 Å². The summed E-state index contributed by atoms with van der Waals surface area (Å²) in [6, 6.07) is 5.71. The average molecular weight is 398 g/mol. The number of nitrogens with one attached hydrogen (secondary N) is 1. The monoisotopic (exact) mass is 398 g/mol. The Morgan fingerprint density at radius 3 is 2.86 bits per heavy atom. The van der Waals surface area contributed by atoms with Crippen LogP contribution in [-0.4, -0.2) is 51.7 Å². The number of hydrogen-bond donors (Lipinski definition) is 3. The summed E-state index contributed by atoms with van der Waals surface area (Å²) in [5, 5.41) is 18.4. The zero-order chi connectivity index (χ0) is 20.4. The van der Waals surface area contributed by atoms with Crippen LogP contribution in [0.4, 0.5) is 11.8 Å². The Morgan fingerprint density at radius 2 is 2.17 bits per heavy atom. The SMILES string of the molecule is CCCCNc1nc(N)nc2cnn(Cc3ccc(C4(O)COC4)cc3OC)c12. The number of nitrogens with two attached hydrogens (primary N) is 1. The molecule has 0 spiro atoms. The van der Waals surface area contributed by atoms with Gasteiger partial charge in [0.1, 0.15) is 22.4 Å². The lowest BCUT2D eigenvalue weighted by Crippen LogP contribution is -2.46. The van der Waals surface area contributed by atoms with Crippen molar-refractivity contribution in [2.24, 2.45) is 0 Å². The van der Waals surface area contributed by atoms with Crippen molar-refractivity contribution in [3.63, 3.8) is 0 Å². The summed E-state index contributed by atoms with van der Waals surface area (Å²) in [5.41, 5.74) is 8.12. The average Bonchev–Trinajstić information content (AvgIpc) is 3.09. The van der Waals surface area contributed by atoms with E-state index in [9.17, 15) is 5.11 Å². The highest BCUT2D eigenvalue weighted by Gasteiger charge is 2.38. The molecule has 3 aromatic rings. The number of nitrogens with zero attached hydrogens (tertiary/aromatic N) is 4. The number of unbranched alkanes of at least 4 members (excludes halogenated alkanes) is 1. The van der Waals surface area contributed by atoms with Gasteiger partial charge in [-0.3, -0.25) is 4.68 Å². The summed E-state index contributed by atoms with van der Waals surface area (Å²) in [5.74, 6) is 1.58. The molecule has 2 aromatic heterocycles. The van der Waals surface area contributed by atoms with Crippen molar-refractivity contribution in [1.82, 2.24) is 19.7 Å². The third-order valence-electron chi connectivity index (χ3n) is 5.15. The van der Waals surface area contributed by atoms with E-state index in [1.165, 1.54) is 0 Å². The minimum Gasteiger partial charge on any atom is -0.496 e. The lowest BCUT2D eigenvalue weighted by atomic mass is 9.91. The van der Waals surface area contributed by atoms with Crippen LogP contribution < -0.4 is 15.8 Å². The summed E-state index contributed by atoms with van der Waals surface area (Å²) < 4.78 is 12.6. The molecule has 0 bridgehead atoms. The van der Waals surface area contributed by atoms with Gasteiger partial charge < -0.3 is 25.6 Å². The number of anilines is 2. The van der Waals surface area contributed by atoms with Gasteiger partial charge in [0.15, 0.2) is 5.82 Å². The molecule has 1 aromatic carbocycles. The molecule has 0 amide bonds. The predicted octanol–water partition coefficient (Wildman–Crippen LogP) is 1.90. The summed E-state index contributed by atoms with van der Waals surface area (Å²) in [7, 11) is 1.62. The molecule has 9 nitrogen and oxygen atoms in total. The molecule has 1 aliphatic heterocycles. The van der Waals surface area contributed by atoms with E-state index in [-0.39, 0.29) is 5.95 Å². The fraction of sp³-hybridized carbons (Fsp3) is 0.450. The molecule has 0 radical (unpaired) electrons. The van der Waals surface area contributed by atoms with Gasteiger partial charge in [-0.15, -0.1) is 0 Å². The molecule has 1 aliphatic rings. The van der Waals surface area contributed by atoms with Crippen molar-refractivity contribution < 1.29 is 14.6 Å². The smallest absolute Gasteiger partial charge is 0.222 e. The first-order chi connectivity index (χ1) is 14.0. The Kier molecular flexibility index (Phi) is 5.25. The fourth-order valence-corrected chi connectivity index (χ4v) is 3.43. The first-order valence-electron chi connectivity index (χ1n) is 9.74. The Labute approximate surface area is 168 Å². The van der Waals surface area contributed by atoms with Gasteiger partial charge in [0.2, 0.25) is 5.95 Å². The van der Waals surface area contributed by atoms with Crippen LogP contribution in [-0.2, 0) is 16.9 Å². The number of fused-ring (bicyclic) bond motifs is 1. The molecular formula is C20H26N6O3. The van der Waals surface area contributed by atoms with Gasteiger partial charge in [-0.25, -0.2) is 4.98 Å². The Balaban J connectivity index is 1.67. The highest BCUT2D eigenvalue weighted by Crippen LogP contribution is 2.33. The van der Waals surface area contributed by atoms with Crippen molar-refractivity contribution in [2.45, 2.75) is 31.9 Å². The van der Waals surface area contributed by atoms with Gasteiger partial charge in [0, 0.05) is 12.1 Å². The van der Waals surface area contributed by atoms with Crippen LogP contribution in [0.15, 0.2) is 24.4 Å². The molecule has 1 saturated heterocycles. The Morgan fingerprint density at radius 1 is 1.34 bits per heavy atom. The number of aromatic nitrogens is 4. The van der Waals surface area contributed by atoms with E-state index in [1.54, 1.807) is 13.3 Å². The highest BCUT2D eigenvalue weighted by molar-refractivity contribution is 5.86. The first kappa shape index (κ1) is 19.4. The molecule has 9 heteroatoms. The van der Waals surface area contributed by atoms with Gasteiger partial charge in [-0.05, 0) is 18.1 Å². The zero-order valence-electron chi connectivity index (χ0n) is 16.7. The number of aliphatic hydroxyl groups is 1. The number of benzene rings is 1. The molecule has 4 N–H and O–H groups in total. The maximum atomic E-state index is 10.5. The molecule has 0 unspecified atom stereocenters. The molecule has 0 aliphatic carbocycles. The minimum atomic E-state index is -0.939. The molecule has 0 saturated carbocycles. The highest BCUT2D eigenvalue weighted by atomic mass is 16.5. The maximum Gasteiger partial charge on any atom is 0.222 e. The van der Waals surface area contributed by atoms with E-state index in [1.807, 2.05) is 22.9 Å². The van der Waals surface area contributed by atoms with Crippen molar-refractivity contribution in [2.75, 3.05) is 37.9 Å². The number of methoxy groups -OCH3 is 1. The summed E-state index contributed by atoms with van der Waals surface area (Å²) in [6.45, 7) is 4.00. The maximum absolute atomic E-state index is 10.5. The number of ether oxygens (including phenoxy) is 2. The predicted molar refractivity (Wildman–Crippen MR) is 110 cm³/mol. The largest absolute Gasteiger partial charge is 0.496 e. The van der Waals surface area contributed by atoms with E-state index in [2.05, 4.69) is 27.3 Å². The number of hydrogen-bond acceptors (Lipinski definition) is 8. The molecular weight excluding hydrogens is 372 g/mol. The third-order valence-corrected chi connectivity index (χ3v) is 5.15.